The molecule has 0 saturated carbocycles. The zero-order valence-electron chi connectivity index (χ0n) is 15.8. The van der Waals surface area contributed by atoms with Crippen molar-refractivity contribution >= 4 is 17.9 Å². The summed E-state index contributed by atoms with van der Waals surface area (Å²) in [5.74, 6) is 1.18. The first kappa shape index (κ1) is 20.3. The summed E-state index contributed by atoms with van der Waals surface area (Å²) in [4.78, 5) is 24.4. The third-order valence-electron chi connectivity index (χ3n) is 3.87. The van der Waals surface area contributed by atoms with Crippen molar-refractivity contribution < 1.29 is 13.9 Å². The molecule has 7 nitrogen and oxygen atoms in total. The third-order valence-corrected chi connectivity index (χ3v) is 3.87. The molecule has 0 amide bonds. The minimum Gasteiger partial charge on any atom is -0.471 e. The van der Waals surface area contributed by atoms with Gasteiger partial charge in [0.05, 0.1) is 13.3 Å². The van der Waals surface area contributed by atoms with Crippen molar-refractivity contribution in [2.24, 2.45) is 0 Å². The summed E-state index contributed by atoms with van der Waals surface area (Å²) < 4.78 is 19.0. The number of nitrogens with zero attached hydrogens (tertiary/aromatic N) is 5. The summed E-state index contributed by atoms with van der Waals surface area (Å²) in [5.41, 5.74) is 1.38. The van der Waals surface area contributed by atoms with E-state index in [1.807, 2.05) is 19.9 Å². The van der Waals surface area contributed by atoms with Gasteiger partial charge in [0.1, 0.15) is 23.0 Å². The van der Waals surface area contributed by atoms with Crippen LogP contribution in [0.1, 0.15) is 26.7 Å². The quantitative estimate of drug-likeness (QED) is 0.656. The first-order chi connectivity index (χ1) is 13.2. The molecule has 4 heterocycles. The Bertz CT molecular complexity index is 862. The molecule has 0 unspecified atom stereocenters. The van der Waals surface area contributed by atoms with Gasteiger partial charge in [0, 0.05) is 25.5 Å². The Labute approximate surface area is 157 Å². The van der Waals surface area contributed by atoms with E-state index in [9.17, 15) is 4.39 Å². The largest absolute Gasteiger partial charge is 0.471 e. The van der Waals surface area contributed by atoms with Crippen molar-refractivity contribution in [3.8, 4) is 11.5 Å². The summed E-state index contributed by atoms with van der Waals surface area (Å²) in [7, 11) is 1.31. The number of carbonyl (C=O) groups is 1. The van der Waals surface area contributed by atoms with Gasteiger partial charge in [-0.05, 0) is 31.0 Å². The van der Waals surface area contributed by atoms with E-state index in [-0.39, 0.29) is 5.82 Å². The van der Waals surface area contributed by atoms with E-state index in [1.165, 1.54) is 32.2 Å². The predicted molar refractivity (Wildman–Crippen MR) is 102 cm³/mol. The fourth-order valence-corrected chi connectivity index (χ4v) is 2.72. The fraction of sp³-hybridized carbons (Fsp3) is 0.368. The molecule has 0 bridgehead atoms. The third kappa shape index (κ3) is 4.99. The highest BCUT2D eigenvalue weighted by Crippen LogP contribution is 2.22. The highest BCUT2D eigenvalue weighted by Gasteiger charge is 2.16. The summed E-state index contributed by atoms with van der Waals surface area (Å²) in [6.07, 6.45) is 7.22. The Morgan fingerprint density at radius 3 is 2.52 bits per heavy atom. The first-order valence-electron chi connectivity index (χ1n) is 8.90. The number of hydrogen-bond donors (Lipinski definition) is 0. The van der Waals surface area contributed by atoms with Gasteiger partial charge in [-0.1, -0.05) is 13.8 Å². The SMILES string of the molecule is CC.COC=O.Fc1ccc2ncc(-c3nccc(N4CCCC4)n3)n2c1. The molecular weight excluding hydrogens is 349 g/mol. The molecule has 3 aromatic rings. The molecule has 0 N–H and O–H groups in total. The number of fused-ring (bicyclic) bond motifs is 1. The monoisotopic (exact) mass is 373 g/mol. The Morgan fingerprint density at radius 2 is 1.85 bits per heavy atom. The second-order valence-electron chi connectivity index (χ2n) is 5.48. The summed E-state index contributed by atoms with van der Waals surface area (Å²) in [5, 5.41) is 0. The van der Waals surface area contributed by atoms with E-state index in [4.69, 9.17) is 4.79 Å². The molecule has 1 aliphatic heterocycles. The van der Waals surface area contributed by atoms with Gasteiger partial charge in [-0.25, -0.2) is 19.3 Å². The molecule has 1 saturated heterocycles. The van der Waals surface area contributed by atoms with Gasteiger partial charge < -0.3 is 9.64 Å². The number of pyridine rings is 1. The molecule has 3 aromatic heterocycles. The Hall–Kier alpha value is -3.03. The van der Waals surface area contributed by atoms with Gasteiger partial charge in [0.15, 0.2) is 5.82 Å². The second-order valence-corrected chi connectivity index (χ2v) is 5.48. The van der Waals surface area contributed by atoms with Crippen molar-refractivity contribution in [1.82, 2.24) is 19.4 Å². The molecule has 1 fully saturated rings. The van der Waals surface area contributed by atoms with Crippen LogP contribution in [0.15, 0.2) is 36.8 Å². The summed E-state index contributed by atoms with van der Waals surface area (Å²) >= 11 is 0. The van der Waals surface area contributed by atoms with E-state index in [0.29, 0.717) is 23.6 Å². The molecule has 4 rings (SSSR count). The van der Waals surface area contributed by atoms with Crippen molar-refractivity contribution in [2.75, 3.05) is 25.1 Å². The van der Waals surface area contributed by atoms with Crippen molar-refractivity contribution in [3.05, 3.63) is 42.6 Å². The lowest BCUT2D eigenvalue weighted by Gasteiger charge is -2.16. The molecule has 0 spiro atoms. The minimum absolute atomic E-state index is 0.308. The number of carbonyl (C=O) groups excluding carboxylic acids is 1. The zero-order valence-corrected chi connectivity index (χ0v) is 15.8. The number of methoxy groups -OCH3 is 1. The van der Waals surface area contributed by atoms with Crippen LogP contribution in [-0.4, -0.2) is 46.0 Å². The molecular formula is C19H24FN5O2. The lowest BCUT2D eigenvalue weighted by Crippen LogP contribution is -2.19. The Kier molecular flexibility index (Phi) is 7.66. The van der Waals surface area contributed by atoms with Crippen LogP contribution < -0.4 is 4.90 Å². The number of ether oxygens (including phenoxy) is 1. The Morgan fingerprint density at radius 1 is 1.15 bits per heavy atom. The van der Waals surface area contributed by atoms with E-state index in [1.54, 1.807) is 22.9 Å². The number of rotatable bonds is 3. The Balaban J connectivity index is 0.000000389. The summed E-state index contributed by atoms with van der Waals surface area (Å²) in [6.45, 7) is 6.43. The number of anilines is 1. The maximum Gasteiger partial charge on any atom is 0.292 e. The molecule has 0 aromatic carbocycles. The highest BCUT2D eigenvalue weighted by molar-refractivity contribution is 5.58. The molecule has 8 heteroatoms. The van der Waals surface area contributed by atoms with Crippen LogP contribution >= 0.6 is 0 Å². The van der Waals surface area contributed by atoms with Gasteiger partial charge >= 0.3 is 0 Å². The van der Waals surface area contributed by atoms with Crippen molar-refractivity contribution in [2.45, 2.75) is 26.7 Å². The van der Waals surface area contributed by atoms with Crippen LogP contribution in [0.5, 0.6) is 0 Å². The normalized spacial score (nSPS) is 12.7. The van der Waals surface area contributed by atoms with Crippen molar-refractivity contribution in [3.63, 3.8) is 0 Å². The van der Waals surface area contributed by atoms with Crippen LogP contribution in [0.25, 0.3) is 17.2 Å². The molecule has 0 atom stereocenters. The predicted octanol–water partition coefficient (Wildman–Crippen LogP) is 3.35. The average Bonchev–Trinajstić information content (AvgIpc) is 3.40. The summed E-state index contributed by atoms with van der Waals surface area (Å²) in [6, 6.07) is 4.95. The smallest absolute Gasteiger partial charge is 0.292 e. The average molecular weight is 373 g/mol. The van der Waals surface area contributed by atoms with E-state index < -0.39 is 0 Å². The number of aromatic nitrogens is 4. The van der Waals surface area contributed by atoms with Gasteiger partial charge in [0.25, 0.3) is 6.47 Å². The van der Waals surface area contributed by atoms with Crippen LogP contribution in [0, 0.1) is 5.82 Å². The van der Waals surface area contributed by atoms with Crippen LogP contribution in [0.2, 0.25) is 0 Å². The second kappa shape index (κ2) is 10.2. The lowest BCUT2D eigenvalue weighted by atomic mass is 10.4. The van der Waals surface area contributed by atoms with E-state index in [0.717, 1.165) is 18.9 Å². The highest BCUT2D eigenvalue weighted by atomic mass is 19.1. The van der Waals surface area contributed by atoms with Crippen molar-refractivity contribution in [1.29, 1.82) is 0 Å². The van der Waals surface area contributed by atoms with Gasteiger partial charge in [0.2, 0.25) is 0 Å². The molecule has 1 aliphatic rings. The van der Waals surface area contributed by atoms with Gasteiger partial charge in [-0.2, -0.15) is 0 Å². The van der Waals surface area contributed by atoms with Crippen LogP contribution in [0.3, 0.4) is 0 Å². The maximum absolute atomic E-state index is 13.4. The standard InChI is InChI=1S/C15H14FN5.C2H4O2.C2H6/c16-11-3-4-13-18-9-12(21(13)10-11)15-17-6-5-14(19-15)20-7-1-2-8-20;1-4-2-3;1-2/h3-6,9-10H,1-2,7-8H2;2H,1H3;1-2H3. The molecule has 27 heavy (non-hydrogen) atoms. The van der Waals surface area contributed by atoms with Crippen LogP contribution in [-0.2, 0) is 9.53 Å². The van der Waals surface area contributed by atoms with Gasteiger partial charge in [-0.3, -0.25) is 9.20 Å². The fourth-order valence-electron chi connectivity index (χ4n) is 2.72. The molecule has 0 aliphatic carbocycles. The minimum atomic E-state index is -0.308. The first-order valence-corrected chi connectivity index (χ1v) is 8.90. The molecule has 0 radical (unpaired) electrons. The van der Waals surface area contributed by atoms with E-state index >= 15 is 0 Å². The number of imidazole rings is 1. The van der Waals surface area contributed by atoms with Crippen LogP contribution in [0.4, 0.5) is 10.2 Å². The van der Waals surface area contributed by atoms with Gasteiger partial charge in [-0.15, -0.1) is 0 Å². The topological polar surface area (TPSA) is 72.6 Å². The van der Waals surface area contributed by atoms with E-state index in [2.05, 4.69) is 24.6 Å². The molecule has 144 valence electrons. The number of hydrogen-bond acceptors (Lipinski definition) is 6. The maximum atomic E-state index is 13.4. The zero-order chi connectivity index (χ0) is 19.6. The number of halogens is 1. The lowest BCUT2D eigenvalue weighted by molar-refractivity contribution is -0.126.